The number of carbonyl (C=O) groups excluding carboxylic acids is 1. The number of halogens is 1. The zero-order valence-electron chi connectivity index (χ0n) is 20.1. The molecule has 6 heteroatoms. The molecule has 3 unspecified atom stereocenters. The summed E-state index contributed by atoms with van der Waals surface area (Å²) in [4.78, 5) is 23.1. The molecular weight excluding hydrogens is 457 g/mol. The number of ether oxygens (including phenoxy) is 1. The van der Waals surface area contributed by atoms with Crippen molar-refractivity contribution in [2.24, 2.45) is 11.8 Å². The molecule has 36 heavy (non-hydrogen) atoms. The first-order valence-corrected chi connectivity index (χ1v) is 12.5. The second-order valence-electron chi connectivity index (χ2n) is 9.97. The van der Waals surface area contributed by atoms with Crippen LogP contribution in [0.25, 0.3) is 0 Å². The fourth-order valence-corrected chi connectivity index (χ4v) is 6.10. The summed E-state index contributed by atoms with van der Waals surface area (Å²) < 4.78 is 19.1. The van der Waals surface area contributed by atoms with E-state index >= 15 is 0 Å². The molecule has 1 amide bonds. The van der Waals surface area contributed by atoms with Gasteiger partial charge in [0.05, 0.1) is 6.42 Å². The van der Waals surface area contributed by atoms with Gasteiger partial charge in [0.15, 0.2) is 0 Å². The Balaban J connectivity index is 1.34. The summed E-state index contributed by atoms with van der Waals surface area (Å²) in [7, 11) is 0. The maximum Gasteiger partial charge on any atom is 0.305 e. The highest BCUT2D eigenvalue weighted by molar-refractivity contribution is 5.94. The van der Waals surface area contributed by atoms with Crippen molar-refractivity contribution in [3.05, 3.63) is 101 Å². The van der Waals surface area contributed by atoms with E-state index in [1.54, 1.807) is 12.1 Å². The highest BCUT2D eigenvalue weighted by Crippen LogP contribution is 2.60. The Morgan fingerprint density at radius 2 is 1.61 bits per heavy atom. The molecule has 2 aliphatic rings. The van der Waals surface area contributed by atoms with Crippen LogP contribution in [-0.2, 0) is 16.8 Å². The third kappa shape index (κ3) is 4.85. The number of aliphatic carboxylic acids is 1. The average Bonchev–Trinajstić information content (AvgIpc) is 3.51. The van der Waals surface area contributed by atoms with Crippen molar-refractivity contribution < 1.29 is 23.8 Å². The SMILES string of the molecule is O=C(O)CCNC(=O)c1ccc(C2(c3ccc(OCc4ccc(F)cc4)cc3)CC3CCC2C3)cc1. The Kier molecular flexibility index (Phi) is 6.77. The van der Waals surface area contributed by atoms with E-state index in [1.165, 1.54) is 42.5 Å². The van der Waals surface area contributed by atoms with E-state index in [0.717, 1.165) is 17.7 Å². The molecule has 186 valence electrons. The summed E-state index contributed by atoms with van der Waals surface area (Å²) in [6, 6.07) is 22.5. The predicted octanol–water partition coefficient (Wildman–Crippen LogP) is 5.72. The summed E-state index contributed by atoms with van der Waals surface area (Å²) in [6.45, 7) is 0.491. The van der Waals surface area contributed by atoms with E-state index in [9.17, 15) is 14.0 Å². The normalized spacial score (nSPS) is 22.4. The van der Waals surface area contributed by atoms with Crippen LogP contribution in [0.3, 0.4) is 0 Å². The number of carboxylic acid groups (broad SMARTS) is 1. The van der Waals surface area contributed by atoms with Crippen LogP contribution in [0.5, 0.6) is 5.75 Å². The zero-order valence-corrected chi connectivity index (χ0v) is 20.1. The molecule has 5 nitrogen and oxygen atoms in total. The van der Waals surface area contributed by atoms with E-state index in [-0.39, 0.29) is 30.1 Å². The van der Waals surface area contributed by atoms with Crippen LogP contribution in [0.4, 0.5) is 4.39 Å². The number of carbonyl (C=O) groups is 2. The first kappa shape index (κ1) is 24.0. The van der Waals surface area contributed by atoms with Crippen LogP contribution in [0.2, 0.25) is 0 Å². The molecule has 3 atom stereocenters. The van der Waals surface area contributed by atoms with Crippen molar-refractivity contribution in [1.29, 1.82) is 0 Å². The third-order valence-electron chi connectivity index (χ3n) is 7.82. The second-order valence-corrected chi connectivity index (χ2v) is 9.97. The highest BCUT2D eigenvalue weighted by Gasteiger charge is 2.52. The van der Waals surface area contributed by atoms with Crippen LogP contribution in [0.15, 0.2) is 72.8 Å². The van der Waals surface area contributed by atoms with E-state index in [1.807, 2.05) is 24.3 Å². The molecule has 3 aromatic rings. The van der Waals surface area contributed by atoms with Crippen molar-refractivity contribution in [3.63, 3.8) is 0 Å². The van der Waals surface area contributed by atoms with Gasteiger partial charge in [-0.15, -0.1) is 0 Å². The summed E-state index contributed by atoms with van der Waals surface area (Å²) in [5.41, 5.74) is 3.85. The molecule has 3 aromatic carbocycles. The predicted molar refractivity (Wildman–Crippen MR) is 134 cm³/mol. The topological polar surface area (TPSA) is 75.6 Å². The van der Waals surface area contributed by atoms with Gasteiger partial charge in [0.25, 0.3) is 5.91 Å². The Morgan fingerprint density at radius 1 is 0.944 bits per heavy atom. The molecule has 2 N–H and O–H groups in total. The lowest BCUT2D eigenvalue weighted by molar-refractivity contribution is -0.136. The van der Waals surface area contributed by atoms with Gasteiger partial charge < -0.3 is 15.2 Å². The zero-order chi connectivity index (χ0) is 25.1. The summed E-state index contributed by atoms with van der Waals surface area (Å²) in [5.74, 6) is 0.594. The second kappa shape index (κ2) is 10.1. The molecule has 0 spiro atoms. The first-order chi connectivity index (χ1) is 17.4. The van der Waals surface area contributed by atoms with Crippen LogP contribution in [0, 0.1) is 17.7 Å². The number of benzene rings is 3. The van der Waals surface area contributed by atoms with Crippen molar-refractivity contribution in [3.8, 4) is 5.75 Å². The molecule has 5 rings (SSSR count). The van der Waals surface area contributed by atoms with Gasteiger partial charge in [0.2, 0.25) is 0 Å². The monoisotopic (exact) mass is 487 g/mol. The molecule has 2 saturated carbocycles. The fourth-order valence-electron chi connectivity index (χ4n) is 6.10. The van der Waals surface area contributed by atoms with Gasteiger partial charge in [0.1, 0.15) is 18.2 Å². The highest BCUT2D eigenvalue weighted by atomic mass is 19.1. The maximum atomic E-state index is 13.1. The Labute approximate surface area is 210 Å². The lowest BCUT2D eigenvalue weighted by Crippen LogP contribution is -2.34. The van der Waals surface area contributed by atoms with Crippen LogP contribution in [0.1, 0.15) is 59.2 Å². The minimum absolute atomic E-state index is 0.0866. The van der Waals surface area contributed by atoms with Gasteiger partial charge in [-0.05, 0) is 84.2 Å². The average molecular weight is 488 g/mol. The summed E-state index contributed by atoms with van der Waals surface area (Å²) >= 11 is 0. The standard InChI is InChI=1S/C30H30FNO4/c31-26-11-2-20(3-12-26)19-36-27-13-9-24(10-14-27)30(18-21-1-6-25(30)17-21)23-7-4-22(5-8-23)29(35)32-16-15-28(33)34/h2-5,7-14,21,25H,1,6,15-19H2,(H,32,35)(H,33,34). The Bertz CT molecular complexity index is 1220. The molecule has 2 aliphatic carbocycles. The molecule has 2 fully saturated rings. The largest absolute Gasteiger partial charge is 0.489 e. The quantitative estimate of drug-likeness (QED) is 0.405. The number of fused-ring (bicyclic) bond motifs is 2. The van der Waals surface area contributed by atoms with Crippen LogP contribution < -0.4 is 10.1 Å². The Hall–Kier alpha value is -3.67. The maximum absolute atomic E-state index is 13.1. The van der Waals surface area contributed by atoms with Gasteiger partial charge in [-0.2, -0.15) is 0 Å². The van der Waals surface area contributed by atoms with Gasteiger partial charge in [0, 0.05) is 17.5 Å². The number of hydrogen-bond acceptors (Lipinski definition) is 3. The van der Waals surface area contributed by atoms with Crippen molar-refractivity contribution in [2.45, 2.75) is 44.1 Å². The van der Waals surface area contributed by atoms with Crippen molar-refractivity contribution in [1.82, 2.24) is 5.32 Å². The molecule has 2 bridgehead atoms. The van der Waals surface area contributed by atoms with E-state index < -0.39 is 5.97 Å². The van der Waals surface area contributed by atoms with Gasteiger partial charge in [-0.3, -0.25) is 9.59 Å². The van der Waals surface area contributed by atoms with Crippen LogP contribution in [-0.4, -0.2) is 23.5 Å². The molecular formula is C30H30FNO4. The van der Waals surface area contributed by atoms with Crippen molar-refractivity contribution >= 4 is 11.9 Å². The smallest absolute Gasteiger partial charge is 0.305 e. The number of carboxylic acids is 1. The van der Waals surface area contributed by atoms with Crippen LogP contribution >= 0.6 is 0 Å². The summed E-state index contributed by atoms with van der Waals surface area (Å²) in [6.07, 6.45) is 4.69. The molecule has 0 aromatic heterocycles. The number of nitrogens with one attached hydrogen (secondary N) is 1. The molecule has 0 aliphatic heterocycles. The number of rotatable bonds is 9. The van der Waals surface area contributed by atoms with Gasteiger partial charge in [-0.1, -0.05) is 42.8 Å². The minimum atomic E-state index is -0.934. The minimum Gasteiger partial charge on any atom is -0.489 e. The fraction of sp³-hybridized carbons (Fsp3) is 0.333. The van der Waals surface area contributed by atoms with Crippen molar-refractivity contribution in [2.75, 3.05) is 6.54 Å². The van der Waals surface area contributed by atoms with E-state index in [4.69, 9.17) is 9.84 Å². The molecule has 0 radical (unpaired) electrons. The van der Waals surface area contributed by atoms with E-state index in [2.05, 4.69) is 29.6 Å². The number of hydrogen-bond donors (Lipinski definition) is 2. The molecule has 0 heterocycles. The van der Waals surface area contributed by atoms with Gasteiger partial charge >= 0.3 is 5.97 Å². The lowest BCUT2D eigenvalue weighted by atomic mass is 9.64. The lowest BCUT2D eigenvalue weighted by Gasteiger charge is -2.39. The Morgan fingerprint density at radius 3 is 2.19 bits per heavy atom. The first-order valence-electron chi connectivity index (χ1n) is 12.5. The van der Waals surface area contributed by atoms with Gasteiger partial charge in [-0.25, -0.2) is 4.39 Å². The van der Waals surface area contributed by atoms with E-state index in [0.29, 0.717) is 24.0 Å². The third-order valence-corrected chi connectivity index (χ3v) is 7.82. The summed E-state index contributed by atoms with van der Waals surface area (Å²) in [5, 5.41) is 11.4. The number of amides is 1. The molecule has 0 saturated heterocycles.